The molecule has 0 amide bonds. The number of hydrogen-bond acceptors (Lipinski definition) is 4. The van der Waals surface area contributed by atoms with Crippen LogP contribution in [-0.4, -0.2) is 17.3 Å². The summed E-state index contributed by atoms with van der Waals surface area (Å²) in [6, 6.07) is 22.6. The van der Waals surface area contributed by atoms with Gasteiger partial charge in [-0.05, 0) is 55.0 Å². The minimum atomic E-state index is -0.467. The number of hydrazone groups is 1. The predicted molar refractivity (Wildman–Crippen MR) is 110 cm³/mol. The average molecular weight is 388 g/mol. The molecule has 146 valence electrons. The fourth-order valence-corrected chi connectivity index (χ4v) is 4.00. The summed E-state index contributed by atoms with van der Waals surface area (Å²) >= 11 is 0. The number of benzene rings is 3. The summed E-state index contributed by atoms with van der Waals surface area (Å²) in [5.41, 5.74) is 3.89. The summed E-state index contributed by atoms with van der Waals surface area (Å²) in [6.45, 7) is 2.61. The molecule has 0 saturated carbocycles. The van der Waals surface area contributed by atoms with Crippen LogP contribution in [0.15, 0.2) is 77.9 Å². The lowest BCUT2D eigenvalue weighted by molar-refractivity contribution is -0.0192. The van der Waals surface area contributed by atoms with E-state index in [0.29, 0.717) is 6.61 Å². The maximum absolute atomic E-state index is 13.9. The predicted octanol–water partition coefficient (Wildman–Crippen LogP) is 5.47. The van der Waals surface area contributed by atoms with E-state index in [1.165, 1.54) is 12.1 Å². The third kappa shape index (κ3) is 3.23. The Balaban J connectivity index is 1.53. The van der Waals surface area contributed by atoms with Gasteiger partial charge in [-0.1, -0.05) is 30.3 Å². The molecule has 0 bridgehead atoms. The van der Waals surface area contributed by atoms with Gasteiger partial charge < -0.3 is 9.47 Å². The highest BCUT2D eigenvalue weighted by Gasteiger charge is 2.40. The standard InChI is InChI=1S/C24H21FN2O2/c1-2-28-19-12-10-16(11-13-19)21-15-22-20-8-3-4-9-23(20)29-24(27(22)26-21)17-6-5-7-18(25)14-17/h3-14,22,24H,2,15H2,1H3/t22-,24-/m1/s1. The molecule has 0 spiro atoms. The molecule has 2 atom stereocenters. The van der Waals surface area contributed by atoms with Crippen LogP contribution in [-0.2, 0) is 0 Å². The van der Waals surface area contributed by atoms with Gasteiger partial charge in [-0.25, -0.2) is 9.40 Å². The zero-order valence-corrected chi connectivity index (χ0v) is 16.1. The smallest absolute Gasteiger partial charge is 0.213 e. The molecule has 29 heavy (non-hydrogen) atoms. The normalized spacial score (nSPS) is 19.8. The first-order valence-electron chi connectivity index (χ1n) is 9.83. The fraction of sp³-hybridized carbons (Fsp3) is 0.208. The van der Waals surface area contributed by atoms with Crippen LogP contribution in [0.25, 0.3) is 0 Å². The Hall–Kier alpha value is -3.34. The van der Waals surface area contributed by atoms with E-state index < -0.39 is 6.23 Å². The zero-order valence-electron chi connectivity index (χ0n) is 16.1. The second kappa shape index (κ2) is 7.24. The maximum Gasteiger partial charge on any atom is 0.213 e. The molecule has 2 heterocycles. The molecule has 0 saturated heterocycles. The van der Waals surface area contributed by atoms with Crippen LogP contribution in [0.1, 0.15) is 42.3 Å². The summed E-state index contributed by atoms with van der Waals surface area (Å²) < 4.78 is 25.7. The third-order valence-electron chi connectivity index (χ3n) is 5.33. The monoisotopic (exact) mass is 388 g/mol. The highest BCUT2D eigenvalue weighted by atomic mass is 19.1. The molecule has 0 N–H and O–H groups in total. The molecule has 2 aliphatic rings. The lowest BCUT2D eigenvalue weighted by Gasteiger charge is -2.38. The van der Waals surface area contributed by atoms with E-state index in [9.17, 15) is 4.39 Å². The van der Waals surface area contributed by atoms with Crippen LogP contribution >= 0.6 is 0 Å². The largest absolute Gasteiger partial charge is 0.494 e. The van der Waals surface area contributed by atoms with Gasteiger partial charge >= 0.3 is 0 Å². The van der Waals surface area contributed by atoms with Gasteiger partial charge in [0, 0.05) is 17.5 Å². The number of para-hydroxylation sites is 1. The first kappa shape index (κ1) is 17.7. The van der Waals surface area contributed by atoms with Crippen LogP contribution in [0.4, 0.5) is 4.39 Å². The Bertz CT molecular complexity index is 1060. The van der Waals surface area contributed by atoms with Crippen molar-refractivity contribution in [3.05, 3.63) is 95.3 Å². The van der Waals surface area contributed by atoms with E-state index in [2.05, 4.69) is 6.07 Å². The Labute approximate surface area is 169 Å². The topological polar surface area (TPSA) is 34.1 Å². The highest BCUT2D eigenvalue weighted by Crippen LogP contribution is 2.47. The maximum atomic E-state index is 13.9. The van der Waals surface area contributed by atoms with Crippen LogP contribution in [0.5, 0.6) is 11.5 Å². The minimum Gasteiger partial charge on any atom is -0.494 e. The van der Waals surface area contributed by atoms with Crippen LogP contribution in [0.2, 0.25) is 0 Å². The SMILES string of the molecule is CCOc1ccc(C2=NN3[C@H](C2)c2ccccc2O[C@@H]3c2cccc(F)c2)cc1. The number of hydrogen-bond donors (Lipinski definition) is 0. The third-order valence-corrected chi connectivity index (χ3v) is 5.33. The second-order valence-corrected chi connectivity index (χ2v) is 7.17. The van der Waals surface area contributed by atoms with Crippen molar-refractivity contribution in [1.82, 2.24) is 5.01 Å². The second-order valence-electron chi connectivity index (χ2n) is 7.17. The molecular formula is C24H21FN2O2. The first-order chi connectivity index (χ1) is 14.2. The van der Waals surface area contributed by atoms with Gasteiger partial charge in [-0.2, -0.15) is 5.10 Å². The van der Waals surface area contributed by atoms with Crippen molar-refractivity contribution < 1.29 is 13.9 Å². The number of fused-ring (bicyclic) bond motifs is 3. The number of halogens is 1. The minimum absolute atomic E-state index is 0.0507. The summed E-state index contributed by atoms with van der Waals surface area (Å²) in [5.74, 6) is 1.39. The van der Waals surface area contributed by atoms with Gasteiger partial charge in [0.05, 0.1) is 18.4 Å². The number of nitrogens with zero attached hydrogens (tertiary/aromatic N) is 2. The average Bonchev–Trinajstić information content (AvgIpc) is 3.20. The molecule has 0 radical (unpaired) electrons. The van der Waals surface area contributed by atoms with Gasteiger partial charge in [0.25, 0.3) is 0 Å². The highest BCUT2D eigenvalue weighted by molar-refractivity contribution is 6.02. The van der Waals surface area contributed by atoms with Crippen molar-refractivity contribution in [1.29, 1.82) is 0 Å². The Kier molecular flexibility index (Phi) is 4.43. The van der Waals surface area contributed by atoms with Crippen LogP contribution in [0, 0.1) is 5.82 Å². The Morgan fingerprint density at radius 1 is 1.07 bits per heavy atom. The van der Waals surface area contributed by atoms with E-state index in [0.717, 1.165) is 40.3 Å². The van der Waals surface area contributed by atoms with E-state index in [1.54, 1.807) is 6.07 Å². The quantitative estimate of drug-likeness (QED) is 0.595. The summed E-state index contributed by atoms with van der Waals surface area (Å²) in [7, 11) is 0. The number of ether oxygens (including phenoxy) is 2. The van der Waals surface area contributed by atoms with E-state index in [-0.39, 0.29) is 11.9 Å². The molecule has 0 unspecified atom stereocenters. The molecule has 4 nitrogen and oxygen atoms in total. The van der Waals surface area contributed by atoms with E-state index in [1.807, 2.05) is 60.5 Å². The van der Waals surface area contributed by atoms with Crippen molar-refractivity contribution in [3.8, 4) is 11.5 Å². The van der Waals surface area contributed by atoms with Crippen molar-refractivity contribution >= 4 is 5.71 Å². The van der Waals surface area contributed by atoms with Gasteiger partial charge in [0.1, 0.15) is 17.3 Å². The molecule has 5 rings (SSSR count). The van der Waals surface area contributed by atoms with Crippen LogP contribution < -0.4 is 9.47 Å². The van der Waals surface area contributed by atoms with Gasteiger partial charge in [-0.3, -0.25) is 0 Å². The molecule has 0 fully saturated rings. The van der Waals surface area contributed by atoms with Gasteiger partial charge in [0.15, 0.2) is 0 Å². The van der Waals surface area contributed by atoms with Gasteiger partial charge in [0.2, 0.25) is 6.23 Å². The first-order valence-corrected chi connectivity index (χ1v) is 9.83. The Morgan fingerprint density at radius 3 is 2.69 bits per heavy atom. The van der Waals surface area contributed by atoms with E-state index in [4.69, 9.17) is 14.6 Å². The Morgan fingerprint density at radius 2 is 1.90 bits per heavy atom. The molecule has 2 aliphatic heterocycles. The molecule has 0 aromatic heterocycles. The van der Waals surface area contributed by atoms with E-state index >= 15 is 0 Å². The van der Waals surface area contributed by atoms with Crippen molar-refractivity contribution in [2.24, 2.45) is 5.10 Å². The van der Waals surface area contributed by atoms with Crippen molar-refractivity contribution in [2.45, 2.75) is 25.6 Å². The van der Waals surface area contributed by atoms with Crippen molar-refractivity contribution in [2.75, 3.05) is 6.61 Å². The molecule has 5 heteroatoms. The zero-order chi connectivity index (χ0) is 19.8. The lowest BCUT2D eigenvalue weighted by atomic mass is 9.96. The summed E-state index contributed by atoms with van der Waals surface area (Å²) in [4.78, 5) is 0. The van der Waals surface area contributed by atoms with Crippen LogP contribution in [0.3, 0.4) is 0 Å². The van der Waals surface area contributed by atoms with Gasteiger partial charge in [-0.15, -0.1) is 0 Å². The molecule has 3 aromatic rings. The summed E-state index contributed by atoms with van der Waals surface area (Å²) in [6.07, 6.45) is 0.297. The fourth-order valence-electron chi connectivity index (χ4n) is 4.00. The molecule has 0 aliphatic carbocycles. The summed E-state index contributed by atoms with van der Waals surface area (Å²) in [5, 5.41) is 6.87. The molecular weight excluding hydrogens is 367 g/mol. The van der Waals surface area contributed by atoms with Crippen molar-refractivity contribution in [3.63, 3.8) is 0 Å². The number of rotatable bonds is 4. The lowest BCUT2D eigenvalue weighted by Crippen LogP contribution is -2.33. The molecule has 3 aromatic carbocycles.